The summed E-state index contributed by atoms with van der Waals surface area (Å²) in [7, 11) is 0. The molecule has 21 heavy (non-hydrogen) atoms. The van der Waals surface area contributed by atoms with E-state index in [0.29, 0.717) is 5.69 Å². The highest BCUT2D eigenvalue weighted by atomic mass is 16.5. The lowest BCUT2D eigenvalue weighted by molar-refractivity contribution is 0.170. The summed E-state index contributed by atoms with van der Waals surface area (Å²) < 4.78 is 5.92. The maximum Gasteiger partial charge on any atom is 0.151 e. The lowest BCUT2D eigenvalue weighted by Gasteiger charge is -2.32. The summed E-state index contributed by atoms with van der Waals surface area (Å²) in [5.74, 6) is 4.17. The molecule has 1 aliphatic heterocycles. The van der Waals surface area contributed by atoms with Crippen molar-refractivity contribution in [3.63, 3.8) is 0 Å². The third-order valence-corrected chi connectivity index (χ3v) is 3.50. The fourth-order valence-corrected chi connectivity index (χ4v) is 2.38. The summed E-state index contributed by atoms with van der Waals surface area (Å²) in [6.07, 6.45) is 10.9. The number of terminal acetylenes is 1. The predicted octanol–water partition coefficient (Wildman–Crippen LogP) is 1.90. The van der Waals surface area contributed by atoms with Crippen LogP contribution in [0.5, 0.6) is 5.75 Å². The maximum absolute atomic E-state index is 5.92. The molecule has 2 aromatic heterocycles. The van der Waals surface area contributed by atoms with Crippen LogP contribution in [0.3, 0.4) is 0 Å². The molecule has 0 saturated carbocycles. The maximum atomic E-state index is 5.92. The Labute approximate surface area is 124 Å². The van der Waals surface area contributed by atoms with Crippen LogP contribution in [0.25, 0.3) is 0 Å². The highest BCUT2D eigenvalue weighted by Crippen LogP contribution is 2.21. The van der Waals surface area contributed by atoms with Gasteiger partial charge in [0.15, 0.2) is 5.82 Å². The SMILES string of the molecule is C#Cc1ccc(N2CCC(Oc3cccnc3)CC2)nn1. The van der Waals surface area contributed by atoms with Gasteiger partial charge in [-0.1, -0.05) is 0 Å². The summed E-state index contributed by atoms with van der Waals surface area (Å²) in [5, 5.41) is 8.16. The molecular formula is C16H16N4O. The molecule has 0 aliphatic carbocycles. The second-order valence-electron chi connectivity index (χ2n) is 4.91. The monoisotopic (exact) mass is 280 g/mol. The van der Waals surface area contributed by atoms with Crippen molar-refractivity contribution in [2.24, 2.45) is 0 Å². The molecule has 5 heteroatoms. The van der Waals surface area contributed by atoms with Gasteiger partial charge in [-0.3, -0.25) is 4.98 Å². The molecule has 2 aromatic rings. The number of nitrogens with zero attached hydrogens (tertiary/aromatic N) is 4. The minimum Gasteiger partial charge on any atom is -0.489 e. The topological polar surface area (TPSA) is 51.1 Å². The van der Waals surface area contributed by atoms with Gasteiger partial charge in [-0.05, 0) is 30.2 Å². The molecule has 0 spiro atoms. The quantitative estimate of drug-likeness (QED) is 0.804. The third kappa shape index (κ3) is 3.29. The molecule has 5 nitrogen and oxygen atoms in total. The van der Waals surface area contributed by atoms with Crippen LogP contribution in [0.2, 0.25) is 0 Å². The van der Waals surface area contributed by atoms with Crippen LogP contribution in [-0.2, 0) is 0 Å². The first kappa shape index (κ1) is 13.4. The zero-order valence-electron chi connectivity index (χ0n) is 11.6. The van der Waals surface area contributed by atoms with Crippen LogP contribution >= 0.6 is 0 Å². The first-order chi connectivity index (χ1) is 10.3. The lowest BCUT2D eigenvalue weighted by Crippen LogP contribution is -2.38. The highest BCUT2D eigenvalue weighted by Gasteiger charge is 2.21. The molecule has 3 rings (SSSR count). The van der Waals surface area contributed by atoms with E-state index in [4.69, 9.17) is 11.2 Å². The zero-order valence-corrected chi connectivity index (χ0v) is 11.6. The van der Waals surface area contributed by atoms with Crippen LogP contribution in [0.15, 0.2) is 36.7 Å². The Kier molecular flexibility index (Phi) is 3.97. The summed E-state index contributed by atoms with van der Waals surface area (Å²) in [6, 6.07) is 7.56. The van der Waals surface area contributed by atoms with E-state index in [1.54, 1.807) is 12.4 Å². The van der Waals surface area contributed by atoms with E-state index in [1.165, 1.54) is 0 Å². The van der Waals surface area contributed by atoms with Gasteiger partial charge in [-0.25, -0.2) is 0 Å². The summed E-state index contributed by atoms with van der Waals surface area (Å²) in [5.41, 5.74) is 0.563. The second-order valence-corrected chi connectivity index (χ2v) is 4.91. The van der Waals surface area contributed by atoms with Crippen molar-refractivity contribution < 1.29 is 4.74 Å². The van der Waals surface area contributed by atoms with Crippen LogP contribution in [0.4, 0.5) is 5.82 Å². The Hall–Kier alpha value is -2.61. The lowest BCUT2D eigenvalue weighted by atomic mass is 10.1. The van der Waals surface area contributed by atoms with Crippen molar-refractivity contribution in [2.75, 3.05) is 18.0 Å². The molecule has 1 fully saturated rings. The molecular weight excluding hydrogens is 264 g/mol. The van der Waals surface area contributed by atoms with Crippen molar-refractivity contribution in [2.45, 2.75) is 18.9 Å². The van der Waals surface area contributed by atoms with E-state index in [1.807, 2.05) is 24.3 Å². The Morgan fingerprint density at radius 1 is 1.19 bits per heavy atom. The number of rotatable bonds is 3. The molecule has 1 aliphatic rings. The van der Waals surface area contributed by atoms with E-state index in [-0.39, 0.29) is 6.10 Å². The van der Waals surface area contributed by atoms with Gasteiger partial charge in [0.05, 0.1) is 6.20 Å². The second kappa shape index (κ2) is 6.23. The number of pyridine rings is 1. The average Bonchev–Trinajstić information content (AvgIpc) is 2.57. The Morgan fingerprint density at radius 3 is 2.67 bits per heavy atom. The highest BCUT2D eigenvalue weighted by molar-refractivity contribution is 5.40. The largest absolute Gasteiger partial charge is 0.489 e. The van der Waals surface area contributed by atoms with E-state index in [2.05, 4.69) is 26.0 Å². The average molecular weight is 280 g/mol. The van der Waals surface area contributed by atoms with Crippen molar-refractivity contribution >= 4 is 5.82 Å². The van der Waals surface area contributed by atoms with Gasteiger partial charge in [0.1, 0.15) is 17.5 Å². The first-order valence-electron chi connectivity index (χ1n) is 6.97. The number of piperidine rings is 1. The van der Waals surface area contributed by atoms with E-state index in [9.17, 15) is 0 Å². The van der Waals surface area contributed by atoms with Gasteiger partial charge in [-0.2, -0.15) is 0 Å². The van der Waals surface area contributed by atoms with Crippen molar-refractivity contribution in [1.82, 2.24) is 15.2 Å². The predicted molar refractivity (Wildman–Crippen MR) is 80.1 cm³/mol. The van der Waals surface area contributed by atoms with Crippen LogP contribution in [0.1, 0.15) is 18.5 Å². The number of aromatic nitrogens is 3. The van der Waals surface area contributed by atoms with Crippen LogP contribution in [-0.4, -0.2) is 34.4 Å². The molecule has 0 radical (unpaired) electrons. The Morgan fingerprint density at radius 2 is 2.05 bits per heavy atom. The molecule has 0 aromatic carbocycles. The number of hydrogen-bond acceptors (Lipinski definition) is 5. The van der Waals surface area contributed by atoms with Crippen molar-refractivity contribution in [3.8, 4) is 18.1 Å². The molecule has 0 N–H and O–H groups in total. The Balaban J connectivity index is 1.56. The van der Waals surface area contributed by atoms with Gasteiger partial charge >= 0.3 is 0 Å². The third-order valence-electron chi connectivity index (χ3n) is 3.50. The van der Waals surface area contributed by atoms with Gasteiger partial charge in [0.2, 0.25) is 0 Å². The van der Waals surface area contributed by atoms with Crippen molar-refractivity contribution in [1.29, 1.82) is 0 Å². The van der Waals surface area contributed by atoms with Gasteiger partial charge in [0, 0.05) is 32.1 Å². The smallest absolute Gasteiger partial charge is 0.151 e. The van der Waals surface area contributed by atoms with E-state index < -0.39 is 0 Å². The molecule has 0 bridgehead atoms. The van der Waals surface area contributed by atoms with Crippen LogP contribution < -0.4 is 9.64 Å². The van der Waals surface area contributed by atoms with Gasteiger partial charge < -0.3 is 9.64 Å². The molecule has 0 unspecified atom stereocenters. The summed E-state index contributed by atoms with van der Waals surface area (Å²) in [6.45, 7) is 1.80. The van der Waals surface area contributed by atoms with Gasteiger partial charge in [-0.15, -0.1) is 16.6 Å². The molecule has 1 saturated heterocycles. The zero-order chi connectivity index (χ0) is 14.5. The Bertz CT molecular complexity index is 613. The molecule has 0 amide bonds. The summed E-state index contributed by atoms with van der Waals surface area (Å²) >= 11 is 0. The minimum atomic E-state index is 0.225. The fraction of sp³-hybridized carbons (Fsp3) is 0.312. The van der Waals surface area contributed by atoms with Crippen LogP contribution in [0, 0.1) is 12.3 Å². The van der Waals surface area contributed by atoms with E-state index >= 15 is 0 Å². The minimum absolute atomic E-state index is 0.225. The fourth-order valence-electron chi connectivity index (χ4n) is 2.38. The van der Waals surface area contributed by atoms with Gasteiger partial charge in [0.25, 0.3) is 0 Å². The molecule has 106 valence electrons. The summed E-state index contributed by atoms with van der Waals surface area (Å²) in [4.78, 5) is 6.26. The number of anilines is 1. The first-order valence-corrected chi connectivity index (χ1v) is 6.97. The number of hydrogen-bond donors (Lipinski definition) is 0. The van der Waals surface area contributed by atoms with Crippen molar-refractivity contribution in [3.05, 3.63) is 42.4 Å². The molecule has 3 heterocycles. The standard InChI is InChI=1S/C16H16N4O/c1-2-13-5-6-16(19-18-13)20-10-7-14(8-11-20)21-15-4-3-9-17-12-15/h1,3-6,9,12,14H,7-8,10-11H2. The molecule has 0 atom stereocenters. The normalized spacial score (nSPS) is 15.5. The number of ether oxygens (including phenoxy) is 1. The van der Waals surface area contributed by atoms with E-state index in [0.717, 1.165) is 37.5 Å².